The summed E-state index contributed by atoms with van der Waals surface area (Å²) in [6.07, 6.45) is 4.81. The van der Waals surface area contributed by atoms with Crippen LogP contribution in [0.25, 0.3) is 0 Å². The topological polar surface area (TPSA) is 35.2 Å². The van der Waals surface area contributed by atoms with Crippen LogP contribution in [0.5, 0.6) is 0 Å². The lowest BCUT2D eigenvalue weighted by molar-refractivity contribution is -0.0646. The fraction of sp³-hybridized carbons (Fsp3) is 1.00. The Bertz CT molecular complexity index is 222. The molecule has 1 saturated heterocycles. The molecule has 0 aromatic rings. The second-order valence-corrected chi connectivity index (χ2v) is 5.43. The lowest BCUT2D eigenvalue weighted by Crippen LogP contribution is -2.57. The zero-order chi connectivity index (χ0) is 10.4. The minimum atomic E-state index is 0.0697. The van der Waals surface area contributed by atoms with Crippen molar-refractivity contribution in [3.63, 3.8) is 0 Å². The molecule has 2 heteroatoms. The highest BCUT2D eigenvalue weighted by molar-refractivity contribution is 5.11. The van der Waals surface area contributed by atoms with E-state index >= 15 is 0 Å². The molecule has 0 aromatic carbocycles. The Morgan fingerprint density at radius 3 is 2.29 bits per heavy atom. The molecule has 2 atom stereocenters. The van der Waals surface area contributed by atoms with Gasteiger partial charge in [-0.2, -0.15) is 0 Å². The van der Waals surface area contributed by atoms with Crippen molar-refractivity contribution in [1.82, 2.24) is 0 Å². The summed E-state index contributed by atoms with van der Waals surface area (Å²) in [4.78, 5) is 0. The molecule has 0 bridgehead atoms. The van der Waals surface area contributed by atoms with E-state index in [9.17, 15) is 0 Å². The van der Waals surface area contributed by atoms with E-state index in [1.54, 1.807) is 0 Å². The standard InChI is InChI=1S/C12H23NO/c1-4-11(9(2)3)8-14-12(10(11)13)6-5-7-12/h9-10H,4-8,13H2,1-3H3/t10-,11?/m0/s1. The summed E-state index contributed by atoms with van der Waals surface area (Å²) in [7, 11) is 0. The zero-order valence-electron chi connectivity index (χ0n) is 9.68. The fourth-order valence-electron chi connectivity index (χ4n) is 3.22. The number of rotatable bonds is 2. The van der Waals surface area contributed by atoms with E-state index < -0.39 is 0 Å². The molecular formula is C12H23NO. The predicted octanol–water partition coefficient (Wildman–Crippen LogP) is 2.32. The van der Waals surface area contributed by atoms with Crippen molar-refractivity contribution in [2.45, 2.75) is 58.1 Å². The highest BCUT2D eigenvalue weighted by Gasteiger charge is 2.59. The lowest BCUT2D eigenvalue weighted by Gasteiger charge is -2.45. The van der Waals surface area contributed by atoms with Crippen molar-refractivity contribution in [2.24, 2.45) is 17.1 Å². The first-order valence-corrected chi connectivity index (χ1v) is 5.97. The van der Waals surface area contributed by atoms with Crippen molar-refractivity contribution in [2.75, 3.05) is 6.61 Å². The molecule has 2 N–H and O–H groups in total. The van der Waals surface area contributed by atoms with Gasteiger partial charge in [0.25, 0.3) is 0 Å². The number of hydrogen-bond acceptors (Lipinski definition) is 2. The average molecular weight is 197 g/mol. The molecule has 0 amide bonds. The summed E-state index contributed by atoms with van der Waals surface area (Å²) < 4.78 is 6.03. The van der Waals surface area contributed by atoms with Gasteiger partial charge in [-0.25, -0.2) is 0 Å². The van der Waals surface area contributed by atoms with E-state index in [0.717, 1.165) is 13.0 Å². The summed E-state index contributed by atoms with van der Waals surface area (Å²) >= 11 is 0. The maximum Gasteiger partial charge on any atom is 0.0839 e. The van der Waals surface area contributed by atoms with Gasteiger partial charge in [0.15, 0.2) is 0 Å². The summed E-state index contributed by atoms with van der Waals surface area (Å²) in [5.74, 6) is 0.627. The van der Waals surface area contributed by atoms with Gasteiger partial charge in [-0.05, 0) is 31.6 Å². The van der Waals surface area contributed by atoms with Crippen molar-refractivity contribution in [3.05, 3.63) is 0 Å². The fourth-order valence-corrected chi connectivity index (χ4v) is 3.22. The molecule has 1 aliphatic carbocycles. The first-order valence-electron chi connectivity index (χ1n) is 5.97. The first-order chi connectivity index (χ1) is 6.57. The summed E-state index contributed by atoms with van der Waals surface area (Å²) in [6.45, 7) is 7.69. The smallest absolute Gasteiger partial charge is 0.0839 e. The quantitative estimate of drug-likeness (QED) is 0.737. The van der Waals surface area contributed by atoms with Gasteiger partial charge in [-0.1, -0.05) is 20.8 Å². The van der Waals surface area contributed by atoms with Crippen molar-refractivity contribution < 1.29 is 4.74 Å². The van der Waals surface area contributed by atoms with E-state index in [1.807, 2.05) is 0 Å². The maximum absolute atomic E-state index is 6.44. The van der Waals surface area contributed by atoms with Gasteiger partial charge in [-0.3, -0.25) is 0 Å². The lowest BCUT2D eigenvalue weighted by atomic mass is 9.62. The first kappa shape index (κ1) is 10.4. The van der Waals surface area contributed by atoms with Gasteiger partial charge >= 0.3 is 0 Å². The van der Waals surface area contributed by atoms with Crippen LogP contribution in [0.2, 0.25) is 0 Å². The Morgan fingerprint density at radius 2 is 2.07 bits per heavy atom. The molecule has 1 spiro atoms. The highest BCUT2D eigenvalue weighted by Crippen LogP contribution is 2.53. The van der Waals surface area contributed by atoms with Crippen molar-refractivity contribution in [3.8, 4) is 0 Å². The maximum atomic E-state index is 6.44. The summed E-state index contributed by atoms with van der Waals surface area (Å²) in [5.41, 5.74) is 6.75. The van der Waals surface area contributed by atoms with E-state index in [1.165, 1.54) is 19.3 Å². The van der Waals surface area contributed by atoms with Crippen LogP contribution >= 0.6 is 0 Å². The summed E-state index contributed by atoms with van der Waals surface area (Å²) in [6, 6.07) is 0.258. The van der Waals surface area contributed by atoms with Crippen molar-refractivity contribution >= 4 is 0 Å². The van der Waals surface area contributed by atoms with Crippen molar-refractivity contribution in [1.29, 1.82) is 0 Å². The Balaban J connectivity index is 2.22. The highest BCUT2D eigenvalue weighted by atomic mass is 16.5. The third kappa shape index (κ3) is 1.10. The number of nitrogens with two attached hydrogens (primary N) is 1. The minimum Gasteiger partial charge on any atom is -0.373 e. The van der Waals surface area contributed by atoms with Crippen LogP contribution in [-0.4, -0.2) is 18.2 Å². The molecule has 2 aliphatic rings. The van der Waals surface area contributed by atoms with E-state index in [-0.39, 0.29) is 17.1 Å². The van der Waals surface area contributed by atoms with E-state index in [0.29, 0.717) is 5.92 Å². The largest absolute Gasteiger partial charge is 0.373 e. The van der Waals surface area contributed by atoms with Crippen LogP contribution in [0.1, 0.15) is 46.5 Å². The number of ether oxygens (including phenoxy) is 1. The van der Waals surface area contributed by atoms with Gasteiger partial charge in [0.1, 0.15) is 0 Å². The van der Waals surface area contributed by atoms with Gasteiger partial charge in [0.2, 0.25) is 0 Å². The third-order valence-electron chi connectivity index (χ3n) is 4.82. The van der Waals surface area contributed by atoms with Crippen LogP contribution in [0.3, 0.4) is 0 Å². The second-order valence-electron chi connectivity index (χ2n) is 5.43. The van der Waals surface area contributed by atoms with Gasteiger partial charge in [0, 0.05) is 11.5 Å². The molecular weight excluding hydrogens is 174 g/mol. The molecule has 1 unspecified atom stereocenters. The zero-order valence-corrected chi connectivity index (χ0v) is 9.68. The molecule has 2 rings (SSSR count). The van der Waals surface area contributed by atoms with Crippen LogP contribution in [0.15, 0.2) is 0 Å². The van der Waals surface area contributed by atoms with Crippen LogP contribution in [0, 0.1) is 11.3 Å². The Kier molecular flexibility index (Phi) is 2.39. The SMILES string of the molecule is CCC1(C(C)C)COC2(CCC2)[C@H]1N. The molecule has 0 aromatic heterocycles. The molecule has 14 heavy (non-hydrogen) atoms. The number of hydrogen-bond donors (Lipinski definition) is 1. The molecule has 82 valence electrons. The molecule has 1 aliphatic heterocycles. The third-order valence-corrected chi connectivity index (χ3v) is 4.82. The normalized spacial score (nSPS) is 40.5. The molecule has 0 radical (unpaired) electrons. The molecule has 2 fully saturated rings. The van der Waals surface area contributed by atoms with Gasteiger partial charge in [-0.15, -0.1) is 0 Å². The Hall–Kier alpha value is -0.0800. The average Bonchev–Trinajstić information content (AvgIpc) is 2.39. The van der Waals surface area contributed by atoms with E-state index in [4.69, 9.17) is 10.5 Å². The molecule has 2 nitrogen and oxygen atoms in total. The van der Waals surface area contributed by atoms with Crippen LogP contribution < -0.4 is 5.73 Å². The monoisotopic (exact) mass is 197 g/mol. The Morgan fingerprint density at radius 1 is 1.43 bits per heavy atom. The van der Waals surface area contributed by atoms with Gasteiger partial charge in [0.05, 0.1) is 12.2 Å². The molecule has 1 saturated carbocycles. The second kappa shape index (κ2) is 3.21. The predicted molar refractivity (Wildman–Crippen MR) is 58.1 cm³/mol. The Labute approximate surface area is 87.2 Å². The van der Waals surface area contributed by atoms with Gasteiger partial charge < -0.3 is 10.5 Å². The molecule has 1 heterocycles. The minimum absolute atomic E-state index is 0.0697. The summed E-state index contributed by atoms with van der Waals surface area (Å²) in [5, 5.41) is 0. The van der Waals surface area contributed by atoms with Crippen LogP contribution in [-0.2, 0) is 4.74 Å². The van der Waals surface area contributed by atoms with E-state index in [2.05, 4.69) is 20.8 Å². The van der Waals surface area contributed by atoms with Crippen LogP contribution in [0.4, 0.5) is 0 Å².